The smallest absolute Gasteiger partial charge is 0.140 e. The van der Waals surface area contributed by atoms with Crippen LogP contribution in [-0.4, -0.2) is 20.0 Å². The first-order valence-electron chi connectivity index (χ1n) is 6.01. The molecule has 3 heteroatoms. The lowest BCUT2D eigenvalue weighted by Gasteiger charge is -2.22. The van der Waals surface area contributed by atoms with Gasteiger partial charge < -0.3 is 9.47 Å². The highest BCUT2D eigenvalue weighted by Gasteiger charge is 2.26. The van der Waals surface area contributed by atoms with Crippen LogP contribution in [0.25, 0.3) is 0 Å². The Morgan fingerprint density at radius 2 is 2.00 bits per heavy atom. The first-order valence-corrected chi connectivity index (χ1v) is 6.01. The molecule has 0 saturated heterocycles. The number of carbonyl (C=O) groups excluding carboxylic acids is 1. The molecule has 0 amide bonds. The van der Waals surface area contributed by atoms with Crippen LogP contribution in [0.1, 0.15) is 37.2 Å². The highest BCUT2D eigenvalue weighted by Crippen LogP contribution is 2.37. The largest absolute Gasteiger partial charge is 0.497 e. The van der Waals surface area contributed by atoms with Gasteiger partial charge in [0.2, 0.25) is 0 Å². The van der Waals surface area contributed by atoms with Gasteiger partial charge in [-0.25, -0.2) is 0 Å². The Labute approximate surface area is 102 Å². The molecule has 0 bridgehead atoms. The maximum absolute atomic E-state index is 11.9. The number of Topliss-reactive ketones (excluding diaryl/α,β-unsaturated/α-hetero) is 1. The molecule has 92 valence electrons. The first kappa shape index (κ1) is 12.0. The third kappa shape index (κ3) is 2.43. The predicted octanol–water partition coefficient (Wildman–Crippen LogP) is 2.93. The summed E-state index contributed by atoms with van der Waals surface area (Å²) in [6, 6.07) is 5.68. The topological polar surface area (TPSA) is 35.5 Å². The van der Waals surface area contributed by atoms with Crippen LogP contribution in [0.2, 0.25) is 0 Å². The summed E-state index contributed by atoms with van der Waals surface area (Å²) in [5, 5.41) is 0. The molecule has 1 aromatic rings. The van der Waals surface area contributed by atoms with Crippen LogP contribution < -0.4 is 9.47 Å². The van der Waals surface area contributed by atoms with E-state index in [-0.39, 0.29) is 5.92 Å². The molecule has 1 fully saturated rings. The summed E-state index contributed by atoms with van der Waals surface area (Å²) in [6.07, 6.45) is 3.76. The van der Waals surface area contributed by atoms with Gasteiger partial charge in [-0.1, -0.05) is 12.5 Å². The second-order valence-electron chi connectivity index (χ2n) is 4.37. The summed E-state index contributed by atoms with van der Waals surface area (Å²) < 4.78 is 10.5. The van der Waals surface area contributed by atoms with Crippen LogP contribution in [0, 0.1) is 0 Å². The number of hydrogen-bond donors (Lipinski definition) is 0. The van der Waals surface area contributed by atoms with Crippen molar-refractivity contribution in [3.63, 3.8) is 0 Å². The maximum atomic E-state index is 11.9. The summed E-state index contributed by atoms with van der Waals surface area (Å²) in [5.74, 6) is 1.85. The van der Waals surface area contributed by atoms with Crippen molar-refractivity contribution in [2.75, 3.05) is 14.2 Å². The number of carbonyl (C=O) groups is 1. The second kappa shape index (κ2) is 5.21. The monoisotopic (exact) mass is 234 g/mol. The van der Waals surface area contributed by atoms with Gasteiger partial charge in [0, 0.05) is 24.0 Å². The molecule has 3 nitrogen and oxygen atoms in total. The van der Waals surface area contributed by atoms with Crippen molar-refractivity contribution < 1.29 is 14.3 Å². The third-order valence-electron chi connectivity index (χ3n) is 3.37. The average Bonchev–Trinajstić information content (AvgIpc) is 2.38. The lowest BCUT2D eigenvalue weighted by atomic mass is 9.82. The Bertz CT molecular complexity index is 412. The zero-order valence-corrected chi connectivity index (χ0v) is 10.4. The lowest BCUT2D eigenvalue weighted by molar-refractivity contribution is -0.121. The van der Waals surface area contributed by atoms with E-state index in [1.54, 1.807) is 14.2 Å². The summed E-state index contributed by atoms with van der Waals surface area (Å²) in [6.45, 7) is 0. The minimum atomic E-state index is 0.00426. The summed E-state index contributed by atoms with van der Waals surface area (Å²) in [4.78, 5) is 11.9. The molecule has 0 radical (unpaired) electrons. The Kier molecular flexibility index (Phi) is 3.67. The van der Waals surface area contributed by atoms with Crippen molar-refractivity contribution in [1.82, 2.24) is 0 Å². The first-order chi connectivity index (χ1) is 8.26. The summed E-state index contributed by atoms with van der Waals surface area (Å²) >= 11 is 0. The number of hydrogen-bond acceptors (Lipinski definition) is 3. The molecule has 1 aromatic carbocycles. The standard InChI is InChI=1S/C14H18O3/c1-16-10-7-8-12(14(9-10)17-2)11-5-3-4-6-13(11)15/h7-9,11H,3-6H2,1-2H3/t11-/m0/s1. The number of ketones is 1. The van der Waals surface area contributed by atoms with E-state index in [0.717, 1.165) is 36.3 Å². The highest BCUT2D eigenvalue weighted by molar-refractivity contribution is 5.87. The molecule has 1 aliphatic carbocycles. The Morgan fingerprint density at radius 1 is 1.18 bits per heavy atom. The molecule has 17 heavy (non-hydrogen) atoms. The van der Waals surface area contributed by atoms with Crippen molar-refractivity contribution in [2.24, 2.45) is 0 Å². The van der Waals surface area contributed by atoms with E-state index < -0.39 is 0 Å². The summed E-state index contributed by atoms with van der Waals surface area (Å²) in [7, 11) is 3.26. The Hall–Kier alpha value is -1.51. The number of rotatable bonds is 3. The molecular weight excluding hydrogens is 216 g/mol. The highest BCUT2D eigenvalue weighted by atomic mass is 16.5. The van der Waals surface area contributed by atoms with Gasteiger partial charge >= 0.3 is 0 Å². The fourth-order valence-corrected chi connectivity index (χ4v) is 2.42. The van der Waals surface area contributed by atoms with Gasteiger partial charge in [-0.05, 0) is 18.9 Å². The molecule has 1 atom stereocenters. The van der Waals surface area contributed by atoms with Crippen LogP contribution >= 0.6 is 0 Å². The molecule has 1 saturated carbocycles. The van der Waals surface area contributed by atoms with E-state index in [1.165, 1.54) is 0 Å². The van der Waals surface area contributed by atoms with E-state index in [1.807, 2.05) is 18.2 Å². The van der Waals surface area contributed by atoms with Gasteiger partial charge in [-0.15, -0.1) is 0 Å². The Balaban J connectivity index is 2.33. The third-order valence-corrected chi connectivity index (χ3v) is 3.37. The van der Waals surface area contributed by atoms with Gasteiger partial charge in [0.25, 0.3) is 0 Å². The molecule has 0 N–H and O–H groups in total. The number of methoxy groups -OCH3 is 2. The van der Waals surface area contributed by atoms with Gasteiger partial charge in [0.05, 0.1) is 14.2 Å². The van der Waals surface area contributed by atoms with Crippen molar-refractivity contribution in [2.45, 2.75) is 31.6 Å². The molecule has 0 spiro atoms. The molecule has 2 rings (SSSR count). The molecule has 0 aromatic heterocycles. The SMILES string of the molecule is COc1ccc([C@@H]2CCCCC2=O)c(OC)c1. The number of ether oxygens (including phenoxy) is 2. The van der Waals surface area contributed by atoms with Crippen molar-refractivity contribution in [3.05, 3.63) is 23.8 Å². The van der Waals surface area contributed by atoms with Gasteiger partial charge in [-0.3, -0.25) is 4.79 Å². The minimum Gasteiger partial charge on any atom is -0.497 e. The van der Waals surface area contributed by atoms with Crippen LogP contribution in [-0.2, 0) is 4.79 Å². The molecular formula is C14H18O3. The molecule has 0 aliphatic heterocycles. The van der Waals surface area contributed by atoms with Crippen LogP contribution in [0.3, 0.4) is 0 Å². The average molecular weight is 234 g/mol. The minimum absolute atomic E-state index is 0.00426. The molecule has 1 aliphatic rings. The second-order valence-corrected chi connectivity index (χ2v) is 4.37. The van der Waals surface area contributed by atoms with Crippen molar-refractivity contribution in [1.29, 1.82) is 0 Å². The zero-order valence-electron chi connectivity index (χ0n) is 10.4. The van der Waals surface area contributed by atoms with Crippen molar-refractivity contribution >= 4 is 5.78 Å². The van der Waals surface area contributed by atoms with Gasteiger partial charge in [0.1, 0.15) is 17.3 Å². The normalized spacial score (nSPS) is 20.1. The lowest BCUT2D eigenvalue weighted by Crippen LogP contribution is -2.17. The van der Waals surface area contributed by atoms with E-state index in [0.29, 0.717) is 12.2 Å². The van der Waals surface area contributed by atoms with E-state index in [9.17, 15) is 4.79 Å². The van der Waals surface area contributed by atoms with Crippen LogP contribution in [0.5, 0.6) is 11.5 Å². The van der Waals surface area contributed by atoms with E-state index >= 15 is 0 Å². The maximum Gasteiger partial charge on any atom is 0.140 e. The summed E-state index contributed by atoms with van der Waals surface area (Å²) in [5.41, 5.74) is 0.998. The molecule has 0 heterocycles. The predicted molar refractivity (Wildman–Crippen MR) is 65.8 cm³/mol. The van der Waals surface area contributed by atoms with Crippen molar-refractivity contribution in [3.8, 4) is 11.5 Å². The van der Waals surface area contributed by atoms with Gasteiger partial charge in [0.15, 0.2) is 0 Å². The molecule has 0 unspecified atom stereocenters. The van der Waals surface area contributed by atoms with Gasteiger partial charge in [-0.2, -0.15) is 0 Å². The van der Waals surface area contributed by atoms with E-state index in [2.05, 4.69) is 0 Å². The fraction of sp³-hybridized carbons (Fsp3) is 0.500. The quantitative estimate of drug-likeness (QED) is 0.806. The van der Waals surface area contributed by atoms with Crippen LogP contribution in [0.4, 0.5) is 0 Å². The van der Waals surface area contributed by atoms with E-state index in [4.69, 9.17) is 9.47 Å². The van der Waals surface area contributed by atoms with Crippen LogP contribution in [0.15, 0.2) is 18.2 Å². The zero-order chi connectivity index (χ0) is 12.3. The number of benzene rings is 1. The fourth-order valence-electron chi connectivity index (χ4n) is 2.42. The Morgan fingerprint density at radius 3 is 2.65 bits per heavy atom.